The average Bonchev–Trinajstić information content (AvgIpc) is 2.49. The molecule has 0 radical (unpaired) electrons. The van der Waals surface area contributed by atoms with Crippen LogP contribution in [0.5, 0.6) is 5.75 Å². The Labute approximate surface area is 122 Å². The summed E-state index contributed by atoms with van der Waals surface area (Å²) in [4.78, 5) is 10.2. The maximum atomic E-state index is 10.1. The number of phenols is 1. The highest BCUT2D eigenvalue weighted by molar-refractivity contribution is 5.72. The maximum Gasteiger partial charge on any atom is 0.220 e. The summed E-state index contributed by atoms with van der Waals surface area (Å²) in [5.74, 6) is 0.340. The second-order valence-electron chi connectivity index (χ2n) is 5.22. The Bertz CT molecular complexity index is 639. The first-order chi connectivity index (χ1) is 10.1. The molecule has 4 N–H and O–H groups in total. The molecule has 1 aliphatic heterocycles. The topological polar surface area (TPSA) is 95.5 Å². The van der Waals surface area contributed by atoms with Crippen LogP contribution in [-0.2, 0) is 0 Å². The molecule has 2 aromatic rings. The molecule has 0 saturated carbocycles. The van der Waals surface area contributed by atoms with Crippen LogP contribution in [0, 0.1) is 0 Å². The lowest BCUT2D eigenvalue weighted by atomic mass is 10.0. The number of hydrogen-bond acceptors (Lipinski definition) is 6. The van der Waals surface area contributed by atoms with Crippen molar-refractivity contribution in [1.29, 1.82) is 0 Å². The Morgan fingerprint density at radius 3 is 2.67 bits per heavy atom. The highest BCUT2D eigenvalue weighted by Crippen LogP contribution is 2.32. The van der Waals surface area contributed by atoms with E-state index < -0.39 is 0 Å². The number of rotatable bonds is 2. The smallest absolute Gasteiger partial charge is 0.220 e. The molecular formula is C15H18N4O2. The van der Waals surface area contributed by atoms with Gasteiger partial charge in [-0.1, -0.05) is 0 Å². The van der Waals surface area contributed by atoms with Gasteiger partial charge in [-0.15, -0.1) is 0 Å². The molecule has 3 rings (SSSR count). The molecule has 0 spiro atoms. The van der Waals surface area contributed by atoms with Gasteiger partial charge in [0.15, 0.2) is 0 Å². The van der Waals surface area contributed by atoms with Crippen molar-refractivity contribution in [2.45, 2.75) is 18.9 Å². The van der Waals surface area contributed by atoms with Crippen LogP contribution in [0.2, 0.25) is 0 Å². The monoisotopic (exact) mass is 286 g/mol. The van der Waals surface area contributed by atoms with Crippen molar-refractivity contribution >= 4 is 11.6 Å². The number of nitrogens with zero attached hydrogens (tertiary/aromatic N) is 3. The minimum atomic E-state index is -0.209. The third-order valence-electron chi connectivity index (χ3n) is 3.76. The van der Waals surface area contributed by atoms with Gasteiger partial charge in [0.2, 0.25) is 5.95 Å². The van der Waals surface area contributed by atoms with Crippen LogP contribution in [0.25, 0.3) is 11.3 Å². The number of piperidine rings is 1. The van der Waals surface area contributed by atoms with Crippen LogP contribution < -0.4 is 10.6 Å². The maximum absolute atomic E-state index is 10.1. The van der Waals surface area contributed by atoms with E-state index in [1.165, 1.54) is 0 Å². The third kappa shape index (κ3) is 2.90. The van der Waals surface area contributed by atoms with Crippen molar-refractivity contribution in [3.8, 4) is 17.0 Å². The lowest BCUT2D eigenvalue weighted by molar-refractivity contribution is 0.145. The van der Waals surface area contributed by atoms with E-state index >= 15 is 0 Å². The molecule has 1 aliphatic rings. The average molecular weight is 286 g/mol. The molecule has 0 aliphatic carbocycles. The summed E-state index contributed by atoms with van der Waals surface area (Å²) in [5, 5.41) is 19.6. The molecule has 1 saturated heterocycles. The second-order valence-corrected chi connectivity index (χ2v) is 5.22. The van der Waals surface area contributed by atoms with E-state index in [4.69, 9.17) is 5.73 Å². The Morgan fingerprint density at radius 2 is 1.95 bits per heavy atom. The number of phenolic OH excluding ortho intramolecular Hbond substituents is 1. The first-order valence-electron chi connectivity index (χ1n) is 6.98. The Balaban J connectivity index is 1.93. The number of hydrogen-bond donors (Lipinski definition) is 3. The molecule has 6 nitrogen and oxygen atoms in total. The Kier molecular flexibility index (Phi) is 3.62. The molecular weight excluding hydrogens is 268 g/mol. The van der Waals surface area contributed by atoms with E-state index in [2.05, 4.69) is 14.9 Å². The van der Waals surface area contributed by atoms with E-state index in [0.29, 0.717) is 11.3 Å². The SMILES string of the molecule is Nc1nccc(-c2cc(N3CCC(O)CC3)ccc2O)n1. The van der Waals surface area contributed by atoms with Crippen LogP contribution in [0.15, 0.2) is 30.5 Å². The molecule has 6 heteroatoms. The largest absolute Gasteiger partial charge is 0.507 e. The third-order valence-corrected chi connectivity index (χ3v) is 3.76. The summed E-state index contributed by atoms with van der Waals surface area (Å²) in [6.45, 7) is 1.61. The zero-order valence-corrected chi connectivity index (χ0v) is 11.6. The van der Waals surface area contributed by atoms with Crippen molar-refractivity contribution in [3.63, 3.8) is 0 Å². The molecule has 1 aromatic heterocycles. The van der Waals surface area contributed by atoms with Gasteiger partial charge in [0.1, 0.15) is 5.75 Å². The van der Waals surface area contributed by atoms with E-state index in [-0.39, 0.29) is 17.8 Å². The summed E-state index contributed by atoms with van der Waals surface area (Å²) in [7, 11) is 0. The second kappa shape index (κ2) is 5.57. The lowest BCUT2D eigenvalue weighted by Crippen LogP contribution is -2.35. The number of aliphatic hydroxyl groups excluding tert-OH is 1. The number of aliphatic hydroxyl groups is 1. The number of nitrogens with two attached hydrogens (primary N) is 1. The molecule has 0 atom stereocenters. The molecule has 1 aromatic carbocycles. The fourth-order valence-corrected chi connectivity index (χ4v) is 2.57. The predicted octanol–water partition coefficient (Wildman–Crippen LogP) is 1.39. The quantitative estimate of drug-likeness (QED) is 0.772. The zero-order chi connectivity index (χ0) is 14.8. The molecule has 0 bridgehead atoms. The van der Waals surface area contributed by atoms with Gasteiger partial charge in [-0.3, -0.25) is 0 Å². The van der Waals surface area contributed by atoms with E-state index in [9.17, 15) is 10.2 Å². The number of aromatic hydroxyl groups is 1. The predicted molar refractivity (Wildman–Crippen MR) is 81.0 cm³/mol. The molecule has 0 unspecified atom stereocenters. The van der Waals surface area contributed by atoms with Crippen LogP contribution in [0.3, 0.4) is 0 Å². The number of nitrogen functional groups attached to an aromatic ring is 1. The van der Waals surface area contributed by atoms with Gasteiger partial charge in [-0.2, -0.15) is 0 Å². The first-order valence-corrected chi connectivity index (χ1v) is 6.98. The van der Waals surface area contributed by atoms with Gasteiger partial charge in [0.05, 0.1) is 11.8 Å². The highest BCUT2D eigenvalue weighted by Gasteiger charge is 2.18. The van der Waals surface area contributed by atoms with Gasteiger partial charge in [0.25, 0.3) is 0 Å². The van der Waals surface area contributed by atoms with Crippen molar-refractivity contribution in [1.82, 2.24) is 9.97 Å². The van der Waals surface area contributed by atoms with E-state index in [0.717, 1.165) is 31.6 Å². The van der Waals surface area contributed by atoms with Crippen molar-refractivity contribution in [2.75, 3.05) is 23.7 Å². The lowest BCUT2D eigenvalue weighted by Gasteiger charge is -2.31. The zero-order valence-electron chi connectivity index (χ0n) is 11.6. The van der Waals surface area contributed by atoms with Crippen LogP contribution in [0.1, 0.15) is 12.8 Å². The minimum absolute atomic E-state index is 0.161. The molecule has 1 fully saturated rings. The Hall–Kier alpha value is -2.34. The molecule has 110 valence electrons. The molecule has 21 heavy (non-hydrogen) atoms. The summed E-state index contributed by atoms with van der Waals surface area (Å²) in [5.41, 5.74) is 7.83. The Morgan fingerprint density at radius 1 is 1.19 bits per heavy atom. The summed E-state index contributed by atoms with van der Waals surface area (Å²) in [6.07, 6.45) is 2.88. The van der Waals surface area contributed by atoms with Gasteiger partial charge in [0, 0.05) is 30.5 Å². The fourth-order valence-electron chi connectivity index (χ4n) is 2.57. The first kappa shape index (κ1) is 13.6. The summed E-state index contributed by atoms with van der Waals surface area (Å²) >= 11 is 0. The van der Waals surface area contributed by atoms with Crippen molar-refractivity contribution in [2.24, 2.45) is 0 Å². The fraction of sp³-hybridized carbons (Fsp3) is 0.333. The van der Waals surface area contributed by atoms with Crippen LogP contribution >= 0.6 is 0 Å². The van der Waals surface area contributed by atoms with E-state index in [1.807, 2.05) is 12.1 Å². The van der Waals surface area contributed by atoms with Gasteiger partial charge >= 0.3 is 0 Å². The van der Waals surface area contributed by atoms with Gasteiger partial charge < -0.3 is 20.8 Å². The van der Waals surface area contributed by atoms with Gasteiger partial charge in [-0.25, -0.2) is 9.97 Å². The number of aromatic nitrogens is 2. The number of anilines is 2. The van der Waals surface area contributed by atoms with E-state index in [1.54, 1.807) is 18.3 Å². The summed E-state index contributed by atoms with van der Waals surface area (Å²) in [6, 6.07) is 7.15. The van der Waals surface area contributed by atoms with Crippen LogP contribution in [-0.4, -0.2) is 39.4 Å². The van der Waals surface area contributed by atoms with Gasteiger partial charge in [-0.05, 0) is 37.1 Å². The summed E-state index contributed by atoms with van der Waals surface area (Å²) < 4.78 is 0. The molecule has 2 heterocycles. The van der Waals surface area contributed by atoms with Crippen molar-refractivity contribution in [3.05, 3.63) is 30.5 Å². The van der Waals surface area contributed by atoms with Crippen molar-refractivity contribution < 1.29 is 10.2 Å². The normalized spacial score (nSPS) is 16.1. The minimum Gasteiger partial charge on any atom is -0.507 e. The standard InChI is InChI=1S/C15H18N4O2/c16-15-17-6-3-13(18-15)12-9-10(1-2-14(12)21)19-7-4-11(20)5-8-19/h1-3,6,9,11,20-21H,4-5,7-8H2,(H2,16,17,18). The molecule has 0 amide bonds. The highest BCUT2D eigenvalue weighted by atomic mass is 16.3. The number of benzene rings is 1. The van der Waals surface area contributed by atoms with Crippen LogP contribution in [0.4, 0.5) is 11.6 Å².